The summed E-state index contributed by atoms with van der Waals surface area (Å²) in [5.74, 6) is -0.267. The topological polar surface area (TPSA) is 64.6 Å². The second kappa shape index (κ2) is 9.08. The molecule has 0 fully saturated rings. The first-order valence-electron chi connectivity index (χ1n) is 7.39. The van der Waals surface area contributed by atoms with Gasteiger partial charge in [-0.15, -0.1) is 0 Å². The zero-order chi connectivity index (χ0) is 18.3. The Hall–Kier alpha value is -1.53. The number of nitrogens with one attached hydrogen (secondary N) is 1. The van der Waals surface area contributed by atoms with Gasteiger partial charge in [0.05, 0.1) is 12.6 Å². The molecule has 7 heteroatoms. The van der Waals surface area contributed by atoms with Crippen molar-refractivity contribution < 1.29 is 19.1 Å². The number of benzene rings is 1. The largest absolute Gasteiger partial charge is 0.481 e. The first-order chi connectivity index (χ1) is 11.2. The fourth-order valence-electron chi connectivity index (χ4n) is 1.87. The van der Waals surface area contributed by atoms with Crippen LogP contribution in [0.15, 0.2) is 34.8 Å². The van der Waals surface area contributed by atoms with Crippen LogP contribution in [0.3, 0.4) is 0 Å². The van der Waals surface area contributed by atoms with Crippen LogP contribution < -0.4 is 10.1 Å². The van der Waals surface area contributed by atoms with Crippen LogP contribution >= 0.6 is 27.5 Å². The number of carbonyl (C=O) groups is 2. The number of ether oxygens (including phenoxy) is 2. The molecule has 5 nitrogen and oxygen atoms in total. The van der Waals surface area contributed by atoms with Gasteiger partial charge in [0.15, 0.2) is 6.10 Å². The lowest BCUT2D eigenvalue weighted by atomic mass is 10.0. The highest BCUT2D eigenvalue weighted by Crippen LogP contribution is 2.25. The van der Waals surface area contributed by atoms with Gasteiger partial charge in [0.1, 0.15) is 5.75 Å². The Bertz CT molecular complexity index is 611. The smallest absolute Gasteiger partial charge is 0.330 e. The SMILES string of the molecule is CC[C@@H](Oc1cc(Cl)cc(Br)c1)C(=O)NC(C)(C)/C=C/C(=O)OC. The van der Waals surface area contributed by atoms with E-state index in [0.717, 1.165) is 4.47 Å². The third-order valence-corrected chi connectivity index (χ3v) is 3.74. The first-order valence-corrected chi connectivity index (χ1v) is 8.56. The molecule has 0 aromatic heterocycles. The van der Waals surface area contributed by atoms with Crippen molar-refractivity contribution in [1.29, 1.82) is 0 Å². The molecule has 0 radical (unpaired) electrons. The predicted molar refractivity (Wildman–Crippen MR) is 97.2 cm³/mol. The van der Waals surface area contributed by atoms with Crippen LogP contribution in [0.25, 0.3) is 0 Å². The van der Waals surface area contributed by atoms with E-state index in [4.69, 9.17) is 16.3 Å². The summed E-state index contributed by atoms with van der Waals surface area (Å²) in [5.41, 5.74) is -0.725. The highest BCUT2D eigenvalue weighted by molar-refractivity contribution is 9.10. The second-order valence-corrected chi connectivity index (χ2v) is 7.04. The van der Waals surface area contributed by atoms with Crippen molar-refractivity contribution >= 4 is 39.4 Å². The lowest BCUT2D eigenvalue weighted by molar-refractivity contribution is -0.135. The number of esters is 1. The number of amides is 1. The highest BCUT2D eigenvalue weighted by Gasteiger charge is 2.25. The first kappa shape index (κ1) is 20.5. The molecule has 1 N–H and O–H groups in total. The van der Waals surface area contributed by atoms with Gasteiger partial charge >= 0.3 is 5.97 Å². The Morgan fingerprint density at radius 1 is 1.38 bits per heavy atom. The molecule has 0 spiro atoms. The molecule has 0 saturated heterocycles. The Morgan fingerprint density at radius 2 is 2.04 bits per heavy atom. The van der Waals surface area contributed by atoms with Gasteiger partial charge in [0.2, 0.25) is 0 Å². The summed E-state index contributed by atoms with van der Waals surface area (Å²) in [7, 11) is 1.29. The molecule has 1 amide bonds. The minimum Gasteiger partial charge on any atom is -0.481 e. The van der Waals surface area contributed by atoms with Crippen LogP contribution in [0.1, 0.15) is 27.2 Å². The third kappa shape index (κ3) is 6.93. The van der Waals surface area contributed by atoms with Crippen molar-refractivity contribution in [3.05, 3.63) is 39.8 Å². The van der Waals surface area contributed by atoms with Crippen molar-refractivity contribution in [2.24, 2.45) is 0 Å². The average molecular weight is 419 g/mol. The summed E-state index contributed by atoms with van der Waals surface area (Å²) in [4.78, 5) is 23.6. The Kier molecular flexibility index (Phi) is 7.76. The standard InChI is InChI=1S/C17H21BrClNO4/c1-5-14(24-13-9-11(18)8-12(19)10-13)16(22)20-17(2,3)7-6-15(21)23-4/h6-10,14H,5H2,1-4H3,(H,20,22)/b7-6+/t14-/m1/s1. The van der Waals surface area contributed by atoms with Crippen LogP contribution in [-0.4, -0.2) is 30.6 Å². The molecule has 0 saturated carbocycles. The van der Waals surface area contributed by atoms with Crippen molar-refractivity contribution in [1.82, 2.24) is 5.32 Å². The Balaban J connectivity index is 2.79. The maximum Gasteiger partial charge on any atom is 0.330 e. The molecule has 1 aromatic carbocycles. The van der Waals surface area contributed by atoms with Gasteiger partial charge in [-0.25, -0.2) is 4.79 Å². The summed E-state index contributed by atoms with van der Waals surface area (Å²) >= 11 is 9.32. The van der Waals surface area contributed by atoms with Crippen molar-refractivity contribution in [3.8, 4) is 5.75 Å². The Morgan fingerprint density at radius 3 is 2.58 bits per heavy atom. The molecule has 0 aliphatic carbocycles. The molecule has 0 unspecified atom stereocenters. The predicted octanol–water partition coefficient (Wildman–Crippen LogP) is 3.88. The molecule has 0 bridgehead atoms. The number of methoxy groups -OCH3 is 1. The van der Waals surface area contributed by atoms with Crippen LogP contribution in [-0.2, 0) is 14.3 Å². The zero-order valence-electron chi connectivity index (χ0n) is 14.1. The summed E-state index contributed by atoms with van der Waals surface area (Å²) < 4.78 is 11.0. The maximum atomic E-state index is 12.4. The van der Waals surface area contributed by atoms with E-state index in [2.05, 4.69) is 26.0 Å². The molecular formula is C17H21BrClNO4. The van der Waals surface area contributed by atoms with E-state index < -0.39 is 17.6 Å². The summed E-state index contributed by atoms with van der Waals surface area (Å²) in [5, 5.41) is 3.34. The monoisotopic (exact) mass is 417 g/mol. The highest BCUT2D eigenvalue weighted by atomic mass is 79.9. The van der Waals surface area contributed by atoms with E-state index in [1.54, 1.807) is 38.1 Å². The van der Waals surface area contributed by atoms with Crippen molar-refractivity contribution in [2.75, 3.05) is 7.11 Å². The molecule has 0 aliphatic rings. The average Bonchev–Trinajstić information content (AvgIpc) is 2.48. The van der Waals surface area contributed by atoms with E-state index in [9.17, 15) is 9.59 Å². The summed E-state index contributed by atoms with van der Waals surface area (Å²) in [6.07, 6.45) is 2.64. The van der Waals surface area contributed by atoms with E-state index in [-0.39, 0.29) is 5.91 Å². The number of carbonyl (C=O) groups excluding carboxylic acids is 2. The van der Waals surface area contributed by atoms with Gasteiger partial charge in [-0.1, -0.05) is 40.5 Å². The molecule has 0 heterocycles. The summed E-state index contributed by atoms with van der Waals surface area (Å²) in [6, 6.07) is 5.12. The van der Waals surface area contributed by atoms with Gasteiger partial charge < -0.3 is 14.8 Å². The molecule has 0 aliphatic heterocycles. The maximum absolute atomic E-state index is 12.4. The van der Waals surface area contributed by atoms with E-state index in [1.807, 2.05) is 6.92 Å². The Labute approximate surface area is 155 Å². The lowest BCUT2D eigenvalue weighted by Crippen LogP contribution is -2.48. The van der Waals surface area contributed by atoms with Crippen molar-refractivity contribution in [3.63, 3.8) is 0 Å². The van der Waals surface area contributed by atoms with Gasteiger partial charge in [-0.05, 0) is 38.5 Å². The van der Waals surface area contributed by atoms with Crippen LogP contribution in [0.4, 0.5) is 0 Å². The molecule has 1 rings (SSSR count). The number of hydrogen-bond acceptors (Lipinski definition) is 4. The van der Waals surface area contributed by atoms with Crippen molar-refractivity contribution in [2.45, 2.75) is 38.8 Å². The van der Waals surface area contributed by atoms with Gasteiger partial charge in [0, 0.05) is 15.6 Å². The number of rotatable bonds is 7. The summed E-state index contributed by atoms with van der Waals surface area (Å²) in [6.45, 7) is 5.39. The van der Waals surface area contributed by atoms with Gasteiger partial charge in [-0.2, -0.15) is 0 Å². The molecule has 1 atom stereocenters. The lowest BCUT2D eigenvalue weighted by Gasteiger charge is -2.26. The van der Waals surface area contributed by atoms with E-state index in [1.165, 1.54) is 13.2 Å². The normalized spacial score (nSPS) is 12.8. The van der Waals surface area contributed by atoms with Gasteiger partial charge in [-0.3, -0.25) is 4.79 Å². The molecule has 132 valence electrons. The van der Waals surface area contributed by atoms with Crippen LogP contribution in [0, 0.1) is 0 Å². The quantitative estimate of drug-likeness (QED) is 0.539. The fourth-order valence-corrected chi connectivity index (χ4v) is 2.70. The number of hydrogen-bond donors (Lipinski definition) is 1. The zero-order valence-corrected chi connectivity index (χ0v) is 16.4. The third-order valence-electron chi connectivity index (χ3n) is 3.06. The van der Waals surface area contributed by atoms with E-state index in [0.29, 0.717) is 17.2 Å². The molecular weight excluding hydrogens is 398 g/mol. The second-order valence-electron chi connectivity index (χ2n) is 5.69. The minimum atomic E-state index is -0.725. The minimum absolute atomic E-state index is 0.284. The van der Waals surface area contributed by atoms with Crippen LogP contribution in [0.2, 0.25) is 5.02 Å². The molecule has 24 heavy (non-hydrogen) atoms. The van der Waals surface area contributed by atoms with Crippen LogP contribution in [0.5, 0.6) is 5.75 Å². The molecule has 1 aromatic rings. The van der Waals surface area contributed by atoms with E-state index >= 15 is 0 Å². The van der Waals surface area contributed by atoms with Gasteiger partial charge in [0.25, 0.3) is 5.91 Å². The fraction of sp³-hybridized carbons (Fsp3) is 0.412. The number of halogens is 2.